The molecule has 114 valence electrons. The second kappa shape index (κ2) is 6.15. The maximum atomic E-state index is 12.4. The summed E-state index contributed by atoms with van der Waals surface area (Å²) in [5.41, 5.74) is 0.948. The number of hydrogen-bond acceptors (Lipinski definition) is 4. The first kappa shape index (κ1) is 14.5. The third kappa shape index (κ3) is 2.80. The van der Waals surface area contributed by atoms with Crippen molar-refractivity contribution in [1.29, 1.82) is 0 Å². The summed E-state index contributed by atoms with van der Waals surface area (Å²) in [5, 5.41) is 3.23. The number of halogens is 1. The van der Waals surface area contributed by atoms with E-state index < -0.39 is 0 Å². The van der Waals surface area contributed by atoms with E-state index in [-0.39, 0.29) is 5.91 Å². The van der Waals surface area contributed by atoms with Gasteiger partial charge in [-0.15, -0.1) is 0 Å². The lowest BCUT2D eigenvalue weighted by molar-refractivity contribution is 0.102. The summed E-state index contributed by atoms with van der Waals surface area (Å²) in [6, 6.07) is 10.3. The van der Waals surface area contributed by atoms with Crippen molar-refractivity contribution in [3.05, 3.63) is 47.0 Å². The fraction of sp³-hybridized carbons (Fsp3) is 0.188. The van der Waals surface area contributed by atoms with Gasteiger partial charge in [0.05, 0.1) is 17.8 Å². The summed E-state index contributed by atoms with van der Waals surface area (Å²) in [6.07, 6.45) is 0. The van der Waals surface area contributed by atoms with Gasteiger partial charge in [-0.2, -0.15) is 0 Å². The van der Waals surface area contributed by atoms with Crippen LogP contribution in [0.3, 0.4) is 0 Å². The van der Waals surface area contributed by atoms with Crippen LogP contribution in [0.15, 0.2) is 36.4 Å². The van der Waals surface area contributed by atoms with Gasteiger partial charge in [0.25, 0.3) is 5.91 Å². The van der Waals surface area contributed by atoms with Crippen molar-refractivity contribution in [3.63, 3.8) is 0 Å². The second-order valence-corrected chi connectivity index (χ2v) is 5.04. The summed E-state index contributed by atoms with van der Waals surface area (Å²) in [7, 11) is 1.52. The smallest absolute Gasteiger partial charge is 0.255 e. The number of para-hydroxylation sites is 1. The third-order valence-corrected chi connectivity index (χ3v) is 3.54. The van der Waals surface area contributed by atoms with Crippen LogP contribution in [0.2, 0.25) is 5.02 Å². The van der Waals surface area contributed by atoms with Crippen LogP contribution in [-0.4, -0.2) is 26.2 Å². The zero-order chi connectivity index (χ0) is 15.5. The number of benzene rings is 2. The van der Waals surface area contributed by atoms with E-state index in [1.54, 1.807) is 36.4 Å². The Morgan fingerprint density at radius 3 is 2.77 bits per heavy atom. The van der Waals surface area contributed by atoms with E-state index in [4.69, 9.17) is 25.8 Å². The zero-order valence-electron chi connectivity index (χ0n) is 11.9. The maximum Gasteiger partial charge on any atom is 0.255 e. The van der Waals surface area contributed by atoms with E-state index >= 15 is 0 Å². The molecule has 2 aromatic carbocycles. The Bertz CT molecular complexity index is 700. The minimum absolute atomic E-state index is 0.302. The van der Waals surface area contributed by atoms with Crippen LogP contribution in [0.5, 0.6) is 17.2 Å². The molecule has 1 aliphatic rings. The number of carbonyl (C=O) groups is 1. The number of carbonyl (C=O) groups excluding carboxylic acids is 1. The van der Waals surface area contributed by atoms with E-state index in [0.717, 1.165) is 0 Å². The van der Waals surface area contributed by atoms with E-state index in [1.807, 2.05) is 0 Å². The van der Waals surface area contributed by atoms with Crippen LogP contribution in [-0.2, 0) is 0 Å². The molecular formula is C16H14ClNO4. The number of anilines is 1. The molecule has 1 heterocycles. The Hall–Kier alpha value is -2.40. The third-order valence-electron chi connectivity index (χ3n) is 3.21. The van der Waals surface area contributed by atoms with E-state index in [1.165, 1.54) is 7.11 Å². The largest absolute Gasteiger partial charge is 0.493 e. The van der Waals surface area contributed by atoms with Crippen molar-refractivity contribution in [2.75, 3.05) is 25.6 Å². The number of methoxy groups -OCH3 is 1. The summed E-state index contributed by atoms with van der Waals surface area (Å²) < 4.78 is 16.3. The highest BCUT2D eigenvalue weighted by molar-refractivity contribution is 6.33. The highest BCUT2D eigenvalue weighted by Crippen LogP contribution is 2.40. The molecule has 6 heteroatoms. The van der Waals surface area contributed by atoms with Crippen molar-refractivity contribution in [3.8, 4) is 17.2 Å². The minimum atomic E-state index is -0.302. The molecule has 0 saturated carbocycles. The first-order valence-corrected chi connectivity index (χ1v) is 7.10. The molecular weight excluding hydrogens is 306 g/mol. The average Bonchev–Trinajstić information content (AvgIpc) is 2.55. The molecule has 0 radical (unpaired) electrons. The standard InChI is InChI=1S/C16H14ClNO4/c1-20-13-8-10(9-14-15(13)22-7-6-21-14)16(19)18-12-5-3-2-4-11(12)17/h2-5,8-9H,6-7H2,1H3,(H,18,19). The first-order valence-electron chi connectivity index (χ1n) is 6.72. The Balaban J connectivity index is 1.91. The molecule has 2 aromatic rings. The molecule has 1 N–H and O–H groups in total. The number of fused-ring (bicyclic) bond motifs is 1. The summed E-state index contributed by atoms with van der Waals surface area (Å²) >= 11 is 6.05. The van der Waals surface area contributed by atoms with Gasteiger partial charge in [0, 0.05) is 5.56 Å². The lowest BCUT2D eigenvalue weighted by Crippen LogP contribution is -2.18. The fourth-order valence-corrected chi connectivity index (χ4v) is 2.34. The molecule has 0 fully saturated rings. The quantitative estimate of drug-likeness (QED) is 0.942. The van der Waals surface area contributed by atoms with Gasteiger partial charge in [-0.3, -0.25) is 4.79 Å². The molecule has 0 unspecified atom stereocenters. The summed E-state index contributed by atoms with van der Waals surface area (Å²) in [6.45, 7) is 0.889. The molecule has 22 heavy (non-hydrogen) atoms. The van der Waals surface area contributed by atoms with Crippen LogP contribution in [0.1, 0.15) is 10.4 Å². The predicted octanol–water partition coefficient (Wildman–Crippen LogP) is 3.37. The van der Waals surface area contributed by atoms with E-state index in [0.29, 0.717) is 46.7 Å². The summed E-state index contributed by atoms with van der Waals surface area (Å²) in [5.74, 6) is 1.17. The molecule has 5 nitrogen and oxygen atoms in total. The number of rotatable bonds is 3. The van der Waals surface area contributed by atoms with Crippen LogP contribution in [0, 0.1) is 0 Å². The van der Waals surface area contributed by atoms with Crippen LogP contribution >= 0.6 is 11.6 Å². The van der Waals surface area contributed by atoms with Gasteiger partial charge in [-0.1, -0.05) is 23.7 Å². The van der Waals surface area contributed by atoms with Crippen molar-refractivity contribution in [2.24, 2.45) is 0 Å². The van der Waals surface area contributed by atoms with Gasteiger partial charge in [0.2, 0.25) is 5.75 Å². The molecule has 0 aliphatic carbocycles. The molecule has 1 amide bonds. The highest BCUT2D eigenvalue weighted by Gasteiger charge is 2.21. The van der Waals surface area contributed by atoms with Crippen molar-refractivity contribution < 1.29 is 19.0 Å². The first-order chi connectivity index (χ1) is 10.7. The molecule has 0 aromatic heterocycles. The molecule has 0 bridgehead atoms. The van der Waals surface area contributed by atoms with Gasteiger partial charge in [0.1, 0.15) is 13.2 Å². The van der Waals surface area contributed by atoms with Crippen molar-refractivity contribution in [1.82, 2.24) is 0 Å². The highest BCUT2D eigenvalue weighted by atomic mass is 35.5. The Morgan fingerprint density at radius 2 is 2.00 bits per heavy atom. The van der Waals surface area contributed by atoms with Gasteiger partial charge < -0.3 is 19.5 Å². The van der Waals surface area contributed by atoms with Gasteiger partial charge in [0.15, 0.2) is 11.5 Å². The van der Waals surface area contributed by atoms with Crippen LogP contribution in [0.4, 0.5) is 5.69 Å². The van der Waals surface area contributed by atoms with E-state index in [9.17, 15) is 4.79 Å². The number of ether oxygens (including phenoxy) is 3. The SMILES string of the molecule is COc1cc(C(=O)Nc2ccccc2Cl)cc2c1OCCO2. The number of amides is 1. The molecule has 3 rings (SSSR count). The van der Waals surface area contributed by atoms with Crippen LogP contribution in [0.25, 0.3) is 0 Å². The van der Waals surface area contributed by atoms with Crippen molar-refractivity contribution in [2.45, 2.75) is 0 Å². The Labute approximate surface area is 132 Å². The minimum Gasteiger partial charge on any atom is -0.493 e. The second-order valence-electron chi connectivity index (χ2n) is 4.64. The topological polar surface area (TPSA) is 56.8 Å². The number of hydrogen-bond donors (Lipinski definition) is 1. The monoisotopic (exact) mass is 319 g/mol. The summed E-state index contributed by atoms with van der Waals surface area (Å²) in [4.78, 5) is 12.4. The molecule has 0 saturated heterocycles. The molecule has 0 spiro atoms. The van der Waals surface area contributed by atoms with Gasteiger partial charge >= 0.3 is 0 Å². The van der Waals surface area contributed by atoms with Crippen LogP contribution < -0.4 is 19.5 Å². The normalized spacial score (nSPS) is 12.6. The lowest BCUT2D eigenvalue weighted by Gasteiger charge is -2.21. The Morgan fingerprint density at radius 1 is 1.23 bits per heavy atom. The maximum absolute atomic E-state index is 12.4. The predicted molar refractivity (Wildman–Crippen MR) is 83.4 cm³/mol. The van der Waals surface area contributed by atoms with E-state index in [2.05, 4.69) is 5.32 Å². The molecule has 0 atom stereocenters. The zero-order valence-corrected chi connectivity index (χ0v) is 12.6. The molecule has 1 aliphatic heterocycles. The average molecular weight is 320 g/mol. The Kier molecular flexibility index (Phi) is 4.06. The lowest BCUT2D eigenvalue weighted by atomic mass is 10.1. The van der Waals surface area contributed by atoms with Gasteiger partial charge in [-0.05, 0) is 24.3 Å². The number of nitrogens with one attached hydrogen (secondary N) is 1. The van der Waals surface area contributed by atoms with Gasteiger partial charge in [-0.25, -0.2) is 0 Å². The fourth-order valence-electron chi connectivity index (χ4n) is 2.16. The van der Waals surface area contributed by atoms with Crippen molar-refractivity contribution >= 4 is 23.2 Å².